The first kappa shape index (κ1) is 21.3. The van der Waals surface area contributed by atoms with Crippen molar-refractivity contribution in [3.63, 3.8) is 0 Å². The highest BCUT2D eigenvalue weighted by atomic mass is 19.1. The van der Waals surface area contributed by atoms with Gasteiger partial charge in [0.2, 0.25) is 5.91 Å². The van der Waals surface area contributed by atoms with Gasteiger partial charge in [0, 0.05) is 37.8 Å². The molecule has 2 aromatic rings. The largest absolute Gasteiger partial charge is 0.497 e. The van der Waals surface area contributed by atoms with Crippen LogP contribution in [-0.2, 0) is 11.3 Å². The molecule has 0 bridgehead atoms. The van der Waals surface area contributed by atoms with E-state index in [-0.39, 0.29) is 17.8 Å². The van der Waals surface area contributed by atoms with Crippen molar-refractivity contribution in [3.8, 4) is 5.75 Å². The Hall–Kier alpha value is -2.40. The predicted molar refractivity (Wildman–Crippen MR) is 115 cm³/mol. The van der Waals surface area contributed by atoms with E-state index in [1.807, 2.05) is 41.3 Å². The highest BCUT2D eigenvalue weighted by molar-refractivity contribution is 5.94. The van der Waals surface area contributed by atoms with Gasteiger partial charge in [-0.15, -0.1) is 0 Å². The Balaban J connectivity index is 1.68. The number of halogens is 1. The average Bonchev–Trinajstić information content (AvgIpc) is 2.71. The summed E-state index contributed by atoms with van der Waals surface area (Å²) < 4.78 is 18.4. The van der Waals surface area contributed by atoms with Gasteiger partial charge in [-0.05, 0) is 60.7 Å². The molecule has 29 heavy (non-hydrogen) atoms. The van der Waals surface area contributed by atoms with E-state index in [1.165, 1.54) is 12.1 Å². The molecule has 0 atom stereocenters. The summed E-state index contributed by atoms with van der Waals surface area (Å²) in [5, 5.41) is 0. The molecule has 3 rings (SSSR count). The lowest BCUT2D eigenvalue weighted by Gasteiger charge is -2.39. The molecule has 0 unspecified atom stereocenters. The van der Waals surface area contributed by atoms with E-state index in [0.29, 0.717) is 12.3 Å². The maximum atomic E-state index is 13.1. The number of likely N-dealkylation sites (tertiary alicyclic amines) is 1. The summed E-state index contributed by atoms with van der Waals surface area (Å²) in [4.78, 5) is 17.4. The van der Waals surface area contributed by atoms with Gasteiger partial charge in [-0.3, -0.25) is 9.69 Å². The third-order valence-corrected chi connectivity index (χ3v) is 5.44. The minimum atomic E-state index is -0.203. The van der Waals surface area contributed by atoms with E-state index in [1.54, 1.807) is 7.11 Å². The van der Waals surface area contributed by atoms with Gasteiger partial charge in [-0.1, -0.05) is 26.0 Å². The molecule has 1 amide bonds. The van der Waals surface area contributed by atoms with Crippen LogP contribution >= 0.6 is 0 Å². The molecule has 2 aromatic carbocycles. The zero-order valence-electron chi connectivity index (χ0n) is 17.6. The number of piperidine rings is 1. The van der Waals surface area contributed by atoms with Crippen molar-refractivity contribution in [1.29, 1.82) is 0 Å². The Labute approximate surface area is 173 Å². The first-order valence-electron chi connectivity index (χ1n) is 10.4. The molecule has 156 valence electrons. The number of hydrogen-bond donors (Lipinski definition) is 0. The molecule has 0 N–H and O–H groups in total. The fourth-order valence-electron chi connectivity index (χ4n) is 3.93. The molecule has 1 saturated heterocycles. The maximum Gasteiger partial charge on any atom is 0.227 e. The second kappa shape index (κ2) is 9.88. The van der Waals surface area contributed by atoms with Crippen LogP contribution in [0.2, 0.25) is 0 Å². The zero-order chi connectivity index (χ0) is 20.8. The Morgan fingerprint density at radius 1 is 1.10 bits per heavy atom. The minimum absolute atomic E-state index is 0.183. The van der Waals surface area contributed by atoms with E-state index in [9.17, 15) is 9.18 Å². The predicted octanol–water partition coefficient (Wildman–Crippen LogP) is 4.88. The number of rotatable bonds is 7. The summed E-state index contributed by atoms with van der Waals surface area (Å²) in [6, 6.07) is 14.7. The van der Waals surface area contributed by atoms with Crippen LogP contribution in [0, 0.1) is 11.7 Å². The van der Waals surface area contributed by atoms with Crippen molar-refractivity contribution < 1.29 is 13.9 Å². The Morgan fingerprint density at radius 3 is 2.28 bits per heavy atom. The van der Waals surface area contributed by atoms with Crippen molar-refractivity contribution in [2.45, 2.75) is 45.7 Å². The van der Waals surface area contributed by atoms with Gasteiger partial charge < -0.3 is 9.64 Å². The fraction of sp³-hybridized carbons (Fsp3) is 0.458. The maximum absolute atomic E-state index is 13.1. The summed E-state index contributed by atoms with van der Waals surface area (Å²) in [6.07, 6.45) is 2.40. The van der Waals surface area contributed by atoms with E-state index in [0.717, 1.165) is 49.5 Å². The molecular weight excluding hydrogens is 367 g/mol. The Bertz CT molecular complexity index is 782. The highest BCUT2D eigenvalue weighted by Crippen LogP contribution is 2.28. The second-order valence-corrected chi connectivity index (χ2v) is 8.19. The number of hydrogen-bond acceptors (Lipinski definition) is 3. The standard InChI is InChI=1S/C24H31FN2O2/c1-18(2)16-24(28)27(21-8-10-23(29-3)11-9-21)22-12-14-26(15-13-22)17-19-4-6-20(25)7-5-19/h4-11,18,22H,12-17H2,1-3H3. The molecule has 0 spiro atoms. The van der Waals surface area contributed by atoms with Gasteiger partial charge in [0.15, 0.2) is 0 Å². The quantitative estimate of drug-likeness (QED) is 0.667. The fourth-order valence-corrected chi connectivity index (χ4v) is 3.93. The monoisotopic (exact) mass is 398 g/mol. The van der Waals surface area contributed by atoms with Gasteiger partial charge in [0.25, 0.3) is 0 Å². The molecule has 0 saturated carbocycles. The van der Waals surface area contributed by atoms with Gasteiger partial charge in [0.05, 0.1) is 7.11 Å². The number of amides is 1. The topological polar surface area (TPSA) is 32.8 Å². The molecule has 4 nitrogen and oxygen atoms in total. The molecule has 0 radical (unpaired) electrons. The number of ether oxygens (including phenoxy) is 1. The summed E-state index contributed by atoms with van der Waals surface area (Å²) in [6.45, 7) is 6.81. The SMILES string of the molecule is COc1ccc(N(C(=O)CC(C)C)C2CCN(Cc3ccc(F)cc3)CC2)cc1. The molecule has 0 aliphatic carbocycles. The highest BCUT2D eigenvalue weighted by Gasteiger charge is 2.29. The van der Waals surface area contributed by atoms with E-state index < -0.39 is 0 Å². The number of benzene rings is 2. The van der Waals surface area contributed by atoms with Crippen LogP contribution in [0.3, 0.4) is 0 Å². The third kappa shape index (κ3) is 5.80. The molecule has 1 aliphatic rings. The van der Waals surface area contributed by atoms with E-state index in [4.69, 9.17) is 4.74 Å². The van der Waals surface area contributed by atoms with Crippen molar-refractivity contribution in [3.05, 3.63) is 59.9 Å². The van der Waals surface area contributed by atoms with Crippen LogP contribution in [0.15, 0.2) is 48.5 Å². The van der Waals surface area contributed by atoms with Crippen molar-refractivity contribution in [1.82, 2.24) is 4.90 Å². The van der Waals surface area contributed by atoms with Crippen LogP contribution in [0.5, 0.6) is 5.75 Å². The van der Waals surface area contributed by atoms with Gasteiger partial charge >= 0.3 is 0 Å². The lowest BCUT2D eigenvalue weighted by Crippen LogP contribution is -2.47. The molecule has 5 heteroatoms. The summed E-state index contributed by atoms with van der Waals surface area (Å²) in [7, 11) is 1.65. The summed E-state index contributed by atoms with van der Waals surface area (Å²) in [5.74, 6) is 1.09. The number of nitrogens with zero attached hydrogens (tertiary/aromatic N) is 2. The molecule has 0 aromatic heterocycles. The van der Waals surface area contributed by atoms with E-state index >= 15 is 0 Å². The van der Waals surface area contributed by atoms with Gasteiger partial charge in [0.1, 0.15) is 11.6 Å². The smallest absolute Gasteiger partial charge is 0.227 e. The van der Waals surface area contributed by atoms with Gasteiger partial charge in [-0.25, -0.2) is 4.39 Å². The molecule has 1 fully saturated rings. The van der Waals surface area contributed by atoms with Crippen LogP contribution in [0.4, 0.5) is 10.1 Å². The molecule has 1 aliphatic heterocycles. The first-order valence-corrected chi connectivity index (χ1v) is 10.4. The lowest BCUT2D eigenvalue weighted by atomic mass is 9.99. The minimum Gasteiger partial charge on any atom is -0.497 e. The summed E-state index contributed by atoms with van der Waals surface area (Å²) >= 11 is 0. The third-order valence-electron chi connectivity index (χ3n) is 5.44. The first-order chi connectivity index (χ1) is 14.0. The average molecular weight is 399 g/mol. The number of carbonyl (C=O) groups excluding carboxylic acids is 1. The summed E-state index contributed by atoms with van der Waals surface area (Å²) in [5.41, 5.74) is 2.06. The van der Waals surface area contributed by atoms with Crippen LogP contribution in [0.1, 0.15) is 38.7 Å². The Morgan fingerprint density at radius 2 is 1.72 bits per heavy atom. The van der Waals surface area contributed by atoms with E-state index in [2.05, 4.69) is 18.7 Å². The van der Waals surface area contributed by atoms with Crippen molar-refractivity contribution in [2.75, 3.05) is 25.1 Å². The van der Waals surface area contributed by atoms with Crippen LogP contribution in [-0.4, -0.2) is 37.0 Å². The Kier molecular flexibility index (Phi) is 7.26. The number of carbonyl (C=O) groups is 1. The normalized spacial score (nSPS) is 15.5. The molecule has 1 heterocycles. The zero-order valence-corrected chi connectivity index (χ0v) is 17.6. The number of anilines is 1. The lowest BCUT2D eigenvalue weighted by molar-refractivity contribution is -0.120. The van der Waals surface area contributed by atoms with Crippen LogP contribution in [0.25, 0.3) is 0 Å². The number of methoxy groups -OCH3 is 1. The molecular formula is C24H31FN2O2. The van der Waals surface area contributed by atoms with Crippen molar-refractivity contribution >= 4 is 11.6 Å². The van der Waals surface area contributed by atoms with Crippen LogP contribution < -0.4 is 9.64 Å². The van der Waals surface area contributed by atoms with Crippen molar-refractivity contribution in [2.24, 2.45) is 5.92 Å². The second-order valence-electron chi connectivity index (χ2n) is 8.19. The van der Waals surface area contributed by atoms with Gasteiger partial charge in [-0.2, -0.15) is 0 Å².